The number of benzene rings is 2. The molecule has 2 aromatic rings. The second kappa shape index (κ2) is 8.85. The van der Waals surface area contributed by atoms with Crippen molar-refractivity contribution in [3.8, 4) is 0 Å². The molecule has 4 rings (SSSR count). The monoisotopic (exact) mass is 429 g/mol. The lowest BCUT2D eigenvalue weighted by Crippen LogP contribution is -2.44. The molecule has 4 nitrogen and oxygen atoms in total. The minimum Gasteiger partial charge on any atom is -0.462 e. The molecule has 0 spiro atoms. The van der Waals surface area contributed by atoms with Crippen molar-refractivity contribution in [2.45, 2.75) is 52.9 Å². The smallest absolute Gasteiger partial charge is 0.336 e. The third-order valence-electron chi connectivity index (χ3n) is 6.49. The van der Waals surface area contributed by atoms with Gasteiger partial charge in [0, 0.05) is 30.2 Å². The van der Waals surface area contributed by atoms with Crippen LogP contribution >= 0.6 is 0 Å². The molecule has 0 amide bonds. The number of fused-ring (bicyclic) bond motifs is 1. The third kappa shape index (κ3) is 4.59. The van der Waals surface area contributed by atoms with Crippen molar-refractivity contribution in [3.05, 3.63) is 82.6 Å². The van der Waals surface area contributed by atoms with E-state index in [9.17, 15) is 9.59 Å². The Morgan fingerprint density at radius 2 is 1.69 bits per heavy atom. The molecule has 1 aliphatic carbocycles. The van der Waals surface area contributed by atoms with Crippen molar-refractivity contribution < 1.29 is 14.3 Å². The van der Waals surface area contributed by atoms with Crippen LogP contribution < -0.4 is 0 Å². The minimum atomic E-state index is -0.397. The molecule has 1 heterocycles. The summed E-state index contributed by atoms with van der Waals surface area (Å²) in [6, 6.07) is 18.1. The van der Waals surface area contributed by atoms with Crippen LogP contribution in [0.5, 0.6) is 0 Å². The van der Waals surface area contributed by atoms with Gasteiger partial charge >= 0.3 is 5.97 Å². The maximum atomic E-state index is 13.3. The Labute approximate surface area is 190 Å². The molecule has 1 aliphatic heterocycles. The van der Waals surface area contributed by atoms with E-state index in [1.54, 1.807) is 0 Å². The van der Waals surface area contributed by atoms with Crippen LogP contribution in [0.25, 0.3) is 0 Å². The number of rotatable bonds is 5. The number of hydrogen-bond acceptors (Lipinski definition) is 4. The summed E-state index contributed by atoms with van der Waals surface area (Å²) in [7, 11) is 0. The van der Waals surface area contributed by atoms with Gasteiger partial charge in [-0.05, 0) is 36.8 Å². The van der Waals surface area contributed by atoms with Crippen LogP contribution in [0.2, 0.25) is 0 Å². The standard InChI is InChI=1S/C28H31NO3/c1-18-10-12-21(13-11-18)25-24(27(31)32-15-14-20-8-6-5-7-9-20)19(2)29-22-16-28(3,4)17-23(30)26(22)25/h5-13,25-26H,14-17H2,1-4H3. The first-order valence-electron chi connectivity index (χ1n) is 11.3. The van der Waals surface area contributed by atoms with E-state index >= 15 is 0 Å². The molecule has 0 radical (unpaired) electrons. The summed E-state index contributed by atoms with van der Waals surface area (Å²) < 4.78 is 5.71. The molecule has 1 saturated carbocycles. The summed E-state index contributed by atoms with van der Waals surface area (Å²) >= 11 is 0. The van der Waals surface area contributed by atoms with E-state index in [2.05, 4.69) is 13.8 Å². The quantitative estimate of drug-likeness (QED) is 0.582. The van der Waals surface area contributed by atoms with Crippen molar-refractivity contribution in [1.82, 2.24) is 0 Å². The molecule has 1 fully saturated rings. The average Bonchev–Trinajstić information content (AvgIpc) is 2.73. The second-order valence-electron chi connectivity index (χ2n) is 9.82. The fraction of sp³-hybridized carbons (Fsp3) is 0.393. The zero-order chi connectivity index (χ0) is 22.9. The maximum Gasteiger partial charge on any atom is 0.336 e. The highest BCUT2D eigenvalue weighted by atomic mass is 16.5. The van der Waals surface area contributed by atoms with Gasteiger partial charge in [0.1, 0.15) is 5.78 Å². The third-order valence-corrected chi connectivity index (χ3v) is 6.49. The van der Waals surface area contributed by atoms with Gasteiger partial charge in [-0.2, -0.15) is 0 Å². The molecular formula is C28H31NO3. The Morgan fingerprint density at radius 1 is 1.00 bits per heavy atom. The van der Waals surface area contributed by atoms with Gasteiger partial charge in [-0.25, -0.2) is 4.79 Å². The number of ketones is 1. The van der Waals surface area contributed by atoms with Crippen molar-refractivity contribution >= 4 is 17.5 Å². The Morgan fingerprint density at radius 3 is 2.38 bits per heavy atom. The Hall–Kier alpha value is -3.01. The van der Waals surface area contributed by atoms with Gasteiger partial charge in [0.15, 0.2) is 0 Å². The second-order valence-corrected chi connectivity index (χ2v) is 9.82. The summed E-state index contributed by atoms with van der Waals surface area (Å²) in [6.07, 6.45) is 1.91. The highest BCUT2D eigenvalue weighted by Crippen LogP contribution is 2.47. The first kappa shape index (κ1) is 22.2. The largest absolute Gasteiger partial charge is 0.462 e. The van der Waals surface area contributed by atoms with Crippen molar-refractivity contribution in [1.29, 1.82) is 0 Å². The van der Waals surface area contributed by atoms with Crippen LogP contribution in [0.4, 0.5) is 0 Å². The summed E-state index contributed by atoms with van der Waals surface area (Å²) in [5.41, 5.74) is 5.20. The number of aliphatic imine (C=N–C) groups is 1. The van der Waals surface area contributed by atoms with E-state index in [0.717, 1.165) is 28.8 Å². The molecule has 2 unspecified atom stereocenters. The van der Waals surface area contributed by atoms with E-state index in [4.69, 9.17) is 9.73 Å². The lowest BCUT2D eigenvalue weighted by molar-refractivity contribution is -0.139. The topological polar surface area (TPSA) is 55.7 Å². The molecule has 166 valence electrons. The minimum absolute atomic E-state index is 0.113. The number of ether oxygens (including phenoxy) is 1. The van der Waals surface area contributed by atoms with E-state index < -0.39 is 5.92 Å². The fourth-order valence-electron chi connectivity index (χ4n) is 4.98. The van der Waals surface area contributed by atoms with E-state index in [-0.39, 0.29) is 23.1 Å². The molecule has 0 saturated heterocycles. The number of carbonyl (C=O) groups is 2. The SMILES string of the molecule is CC1=C(C(=O)OCCc2ccccc2)C(c2ccc(C)cc2)C2C(=O)CC(C)(C)CC2=N1. The predicted octanol–water partition coefficient (Wildman–Crippen LogP) is 5.60. The first-order valence-corrected chi connectivity index (χ1v) is 11.3. The summed E-state index contributed by atoms with van der Waals surface area (Å²) in [5, 5.41) is 0. The van der Waals surface area contributed by atoms with Crippen LogP contribution in [0.15, 0.2) is 70.9 Å². The zero-order valence-corrected chi connectivity index (χ0v) is 19.4. The number of allylic oxidation sites excluding steroid dienone is 1. The molecular weight excluding hydrogens is 398 g/mol. The Balaban J connectivity index is 1.66. The Kier molecular flexibility index (Phi) is 6.14. The molecule has 0 aromatic heterocycles. The molecule has 2 atom stereocenters. The van der Waals surface area contributed by atoms with Crippen LogP contribution in [0.1, 0.15) is 56.2 Å². The van der Waals surface area contributed by atoms with Crippen LogP contribution in [0, 0.1) is 18.3 Å². The molecule has 32 heavy (non-hydrogen) atoms. The fourth-order valence-corrected chi connectivity index (χ4v) is 4.98. The lowest BCUT2D eigenvalue weighted by Gasteiger charge is -2.41. The van der Waals surface area contributed by atoms with Gasteiger partial charge in [-0.3, -0.25) is 9.79 Å². The Bertz CT molecular complexity index is 1080. The van der Waals surface area contributed by atoms with E-state index in [0.29, 0.717) is 30.7 Å². The molecule has 4 heteroatoms. The predicted molar refractivity (Wildman–Crippen MR) is 127 cm³/mol. The summed E-state index contributed by atoms with van der Waals surface area (Å²) in [4.78, 5) is 31.4. The van der Waals surface area contributed by atoms with Crippen molar-refractivity contribution in [3.63, 3.8) is 0 Å². The van der Waals surface area contributed by atoms with Gasteiger partial charge in [0.2, 0.25) is 0 Å². The van der Waals surface area contributed by atoms with Crippen LogP contribution in [-0.2, 0) is 20.7 Å². The number of carbonyl (C=O) groups excluding carboxylic acids is 2. The number of hydrogen-bond donors (Lipinski definition) is 0. The highest BCUT2D eigenvalue weighted by Gasteiger charge is 2.47. The zero-order valence-electron chi connectivity index (χ0n) is 19.4. The first-order chi connectivity index (χ1) is 15.2. The normalized spacial score (nSPS) is 22.2. The molecule has 0 bridgehead atoms. The lowest BCUT2D eigenvalue weighted by atomic mass is 9.63. The molecule has 2 aromatic carbocycles. The van der Waals surface area contributed by atoms with E-state index in [1.165, 1.54) is 0 Å². The van der Waals surface area contributed by atoms with Crippen LogP contribution in [0.3, 0.4) is 0 Å². The molecule has 0 N–H and O–H groups in total. The van der Waals surface area contributed by atoms with E-state index in [1.807, 2.05) is 68.4 Å². The van der Waals surface area contributed by atoms with Gasteiger partial charge in [0.25, 0.3) is 0 Å². The van der Waals surface area contributed by atoms with Gasteiger partial charge in [0.05, 0.1) is 18.1 Å². The summed E-state index contributed by atoms with van der Waals surface area (Å²) in [5.74, 6) is -0.959. The van der Waals surface area contributed by atoms with Gasteiger partial charge in [-0.15, -0.1) is 0 Å². The van der Waals surface area contributed by atoms with Crippen molar-refractivity contribution in [2.75, 3.05) is 6.61 Å². The number of nitrogens with zero attached hydrogens (tertiary/aromatic N) is 1. The molecule has 2 aliphatic rings. The number of aryl methyl sites for hydroxylation is 1. The van der Waals surface area contributed by atoms with Gasteiger partial charge < -0.3 is 4.74 Å². The highest BCUT2D eigenvalue weighted by molar-refractivity contribution is 6.12. The number of esters is 1. The van der Waals surface area contributed by atoms with Crippen molar-refractivity contribution in [2.24, 2.45) is 16.3 Å². The average molecular weight is 430 g/mol. The maximum absolute atomic E-state index is 13.3. The van der Waals surface area contributed by atoms with Crippen LogP contribution in [-0.4, -0.2) is 24.1 Å². The number of Topliss-reactive ketones (excluding diaryl/α,β-unsaturated/α-hetero) is 1. The van der Waals surface area contributed by atoms with Gasteiger partial charge in [-0.1, -0.05) is 74.0 Å². The summed E-state index contributed by atoms with van der Waals surface area (Å²) in [6.45, 7) is 8.41.